The van der Waals surface area contributed by atoms with Crippen LogP contribution in [-0.2, 0) is 9.59 Å². The molecule has 2 amide bonds. The maximum absolute atomic E-state index is 12.6. The zero-order valence-corrected chi connectivity index (χ0v) is 13.5. The summed E-state index contributed by atoms with van der Waals surface area (Å²) < 4.78 is 0. The van der Waals surface area contributed by atoms with Crippen LogP contribution in [0.1, 0.15) is 6.42 Å². The van der Waals surface area contributed by atoms with Crippen molar-refractivity contribution >= 4 is 40.3 Å². The SMILES string of the molecule is O=C([C@H]1CC(=O)N(c2n[nH]c3ccccc23)C1)N1CCSCC1. The normalized spacial score (nSPS) is 22.1. The van der Waals surface area contributed by atoms with E-state index in [0.717, 1.165) is 35.5 Å². The van der Waals surface area contributed by atoms with Crippen molar-refractivity contribution < 1.29 is 9.59 Å². The number of H-pyrrole nitrogens is 1. The first kappa shape index (κ1) is 14.6. The Morgan fingerprint density at radius 3 is 2.87 bits per heavy atom. The van der Waals surface area contributed by atoms with Crippen LogP contribution in [0.2, 0.25) is 0 Å². The molecule has 2 aliphatic heterocycles. The van der Waals surface area contributed by atoms with Gasteiger partial charge in [-0.1, -0.05) is 12.1 Å². The molecule has 2 aromatic rings. The summed E-state index contributed by atoms with van der Waals surface area (Å²) in [5, 5.41) is 8.16. The Hall–Kier alpha value is -2.02. The third-order valence-electron chi connectivity index (χ3n) is 4.50. The van der Waals surface area contributed by atoms with Crippen molar-refractivity contribution in [2.24, 2.45) is 5.92 Å². The molecule has 4 rings (SSSR count). The highest BCUT2D eigenvalue weighted by molar-refractivity contribution is 7.99. The van der Waals surface area contributed by atoms with Gasteiger partial charge in [0.1, 0.15) is 0 Å². The van der Waals surface area contributed by atoms with Crippen LogP contribution in [0.5, 0.6) is 0 Å². The van der Waals surface area contributed by atoms with Crippen molar-refractivity contribution in [2.75, 3.05) is 36.0 Å². The summed E-state index contributed by atoms with van der Waals surface area (Å²) in [6, 6.07) is 7.73. The fraction of sp³-hybridized carbons (Fsp3) is 0.438. The number of carbonyl (C=O) groups excluding carboxylic acids is 2. The number of rotatable bonds is 2. The zero-order valence-electron chi connectivity index (χ0n) is 12.7. The van der Waals surface area contributed by atoms with Gasteiger partial charge in [0.05, 0.1) is 11.4 Å². The Kier molecular flexibility index (Phi) is 3.72. The van der Waals surface area contributed by atoms with Gasteiger partial charge in [0.25, 0.3) is 0 Å². The number of fused-ring (bicyclic) bond motifs is 1. The third kappa shape index (κ3) is 2.59. The van der Waals surface area contributed by atoms with Crippen LogP contribution in [0, 0.1) is 5.92 Å². The Morgan fingerprint density at radius 1 is 1.26 bits per heavy atom. The van der Waals surface area contributed by atoms with Crippen LogP contribution in [0.4, 0.5) is 5.82 Å². The number of aromatic nitrogens is 2. The summed E-state index contributed by atoms with van der Waals surface area (Å²) in [5.41, 5.74) is 0.901. The van der Waals surface area contributed by atoms with Gasteiger partial charge in [-0.3, -0.25) is 19.6 Å². The van der Waals surface area contributed by atoms with E-state index in [1.165, 1.54) is 0 Å². The van der Waals surface area contributed by atoms with Gasteiger partial charge in [-0.15, -0.1) is 0 Å². The molecule has 7 heteroatoms. The van der Waals surface area contributed by atoms with Crippen LogP contribution >= 0.6 is 11.8 Å². The van der Waals surface area contributed by atoms with Crippen molar-refractivity contribution in [1.82, 2.24) is 15.1 Å². The maximum Gasteiger partial charge on any atom is 0.229 e. The lowest BCUT2D eigenvalue weighted by molar-refractivity contribution is -0.135. The number of anilines is 1. The standard InChI is InChI=1S/C16H18N4O2S/c21-14-9-11(16(22)19-5-7-23-8-6-19)10-20(14)15-12-3-1-2-4-13(12)17-18-15/h1-4,11H,5-10H2,(H,17,18)/t11-/m0/s1. The number of nitrogens with one attached hydrogen (secondary N) is 1. The van der Waals surface area contributed by atoms with E-state index < -0.39 is 0 Å². The van der Waals surface area contributed by atoms with E-state index >= 15 is 0 Å². The van der Waals surface area contributed by atoms with Crippen LogP contribution in [0.3, 0.4) is 0 Å². The number of hydrogen-bond acceptors (Lipinski definition) is 4. The first-order chi connectivity index (χ1) is 11.2. The van der Waals surface area contributed by atoms with E-state index in [1.807, 2.05) is 40.9 Å². The average molecular weight is 330 g/mol. The fourth-order valence-electron chi connectivity index (χ4n) is 3.27. The summed E-state index contributed by atoms with van der Waals surface area (Å²) in [4.78, 5) is 28.6. The van der Waals surface area contributed by atoms with E-state index in [9.17, 15) is 9.59 Å². The van der Waals surface area contributed by atoms with E-state index in [0.29, 0.717) is 12.4 Å². The van der Waals surface area contributed by atoms with Crippen molar-refractivity contribution in [1.29, 1.82) is 0 Å². The van der Waals surface area contributed by atoms with E-state index in [-0.39, 0.29) is 24.2 Å². The zero-order chi connectivity index (χ0) is 15.8. The van der Waals surface area contributed by atoms with Crippen molar-refractivity contribution in [3.05, 3.63) is 24.3 Å². The number of para-hydroxylation sites is 1. The molecule has 1 aromatic carbocycles. The molecule has 120 valence electrons. The molecule has 3 heterocycles. The Balaban J connectivity index is 1.55. The Morgan fingerprint density at radius 2 is 2.04 bits per heavy atom. The Labute approximate surface area is 138 Å². The molecule has 0 saturated carbocycles. The van der Waals surface area contributed by atoms with Gasteiger partial charge in [0.15, 0.2) is 5.82 Å². The molecule has 6 nitrogen and oxygen atoms in total. The monoisotopic (exact) mass is 330 g/mol. The van der Waals surface area contributed by atoms with Gasteiger partial charge >= 0.3 is 0 Å². The summed E-state index contributed by atoms with van der Waals surface area (Å²) in [6.45, 7) is 2.01. The van der Waals surface area contributed by atoms with Crippen LogP contribution in [0.25, 0.3) is 10.9 Å². The van der Waals surface area contributed by atoms with Gasteiger partial charge in [0.2, 0.25) is 11.8 Å². The number of thioether (sulfide) groups is 1. The molecule has 1 aromatic heterocycles. The molecule has 1 N–H and O–H groups in total. The third-order valence-corrected chi connectivity index (χ3v) is 5.45. The first-order valence-corrected chi connectivity index (χ1v) is 8.99. The number of carbonyl (C=O) groups is 2. The minimum atomic E-state index is -0.249. The second-order valence-electron chi connectivity index (χ2n) is 5.94. The number of nitrogens with zero attached hydrogens (tertiary/aromatic N) is 3. The van der Waals surface area contributed by atoms with Gasteiger partial charge in [-0.05, 0) is 12.1 Å². The summed E-state index contributed by atoms with van der Waals surface area (Å²) in [7, 11) is 0. The molecule has 0 bridgehead atoms. The van der Waals surface area contributed by atoms with Crippen molar-refractivity contribution in [3.8, 4) is 0 Å². The quantitative estimate of drug-likeness (QED) is 0.906. The molecule has 0 aliphatic carbocycles. The predicted molar refractivity (Wildman–Crippen MR) is 90.5 cm³/mol. The lowest BCUT2D eigenvalue weighted by Crippen LogP contribution is -2.42. The highest BCUT2D eigenvalue weighted by atomic mass is 32.2. The lowest BCUT2D eigenvalue weighted by atomic mass is 10.1. The second-order valence-corrected chi connectivity index (χ2v) is 7.16. The summed E-state index contributed by atoms with van der Waals surface area (Å²) in [6.07, 6.45) is 0.281. The highest BCUT2D eigenvalue weighted by Gasteiger charge is 2.38. The molecule has 1 atom stereocenters. The molecular weight excluding hydrogens is 312 g/mol. The number of hydrogen-bond donors (Lipinski definition) is 1. The Bertz CT molecular complexity index is 753. The summed E-state index contributed by atoms with van der Waals surface area (Å²) >= 11 is 1.87. The lowest BCUT2D eigenvalue weighted by Gasteiger charge is -2.28. The number of benzene rings is 1. The van der Waals surface area contributed by atoms with Gasteiger partial charge in [0, 0.05) is 42.9 Å². The van der Waals surface area contributed by atoms with Crippen molar-refractivity contribution in [2.45, 2.75) is 6.42 Å². The van der Waals surface area contributed by atoms with Crippen LogP contribution in [-0.4, -0.2) is 58.1 Å². The summed E-state index contributed by atoms with van der Waals surface area (Å²) in [5.74, 6) is 2.45. The fourth-order valence-corrected chi connectivity index (χ4v) is 4.18. The largest absolute Gasteiger partial charge is 0.341 e. The topological polar surface area (TPSA) is 69.3 Å². The predicted octanol–water partition coefficient (Wildman–Crippen LogP) is 1.49. The van der Waals surface area contributed by atoms with Crippen LogP contribution in [0.15, 0.2) is 24.3 Å². The van der Waals surface area contributed by atoms with E-state index in [4.69, 9.17) is 0 Å². The van der Waals surface area contributed by atoms with E-state index in [1.54, 1.807) is 4.90 Å². The molecule has 23 heavy (non-hydrogen) atoms. The molecular formula is C16H18N4O2S. The average Bonchev–Trinajstić information content (AvgIpc) is 3.18. The molecule has 2 aliphatic rings. The van der Waals surface area contributed by atoms with E-state index in [2.05, 4.69) is 10.2 Å². The first-order valence-electron chi connectivity index (χ1n) is 7.84. The molecule has 0 radical (unpaired) electrons. The number of aromatic amines is 1. The molecule has 2 saturated heterocycles. The molecule has 0 spiro atoms. The highest BCUT2D eigenvalue weighted by Crippen LogP contribution is 2.30. The smallest absolute Gasteiger partial charge is 0.229 e. The second kappa shape index (κ2) is 5.88. The minimum absolute atomic E-state index is 0.0213. The van der Waals surface area contributed by atoms with Crippen molar-refractivity contribution in [3.63, 3.8) is 0 Å². The molecule has 2 fully saturated rings. The van der Waals surface area contributed by atoms with Crippen LogP contribution < -0.4 is 4.90 Å². The maximum atomic E-state index is 12.6. The molecule has 0 unspecified atom stereocenters. The van der Waals surface area contributed by atoms with Gasteiger partial charge < -0.3 is 4.90 Å². The minimum Gasteiger partial charge on any atom is -0.341 e. The van der Waals surface area contributed by atoms with Gasteiger partial charge in [-0.2, -0.15) is 16.9 Å². The van der Waals surface area contributed by atoms with Gasteiger partial charge in [-0.25, -0.2) is 0 Å². The number of amides is 2.